The molecule has 2 heterocycles. The lowest BCUT2D eigenvalue weighted by atomic mass is 10.2. The fourth-order valence-electron chi connectivity index (χ4n) is 1.86. The highest BCUT2D eigenvalue weighted by Crippen LogP contribution is 2.20. The summed E-state index contributed by atoms with van der Waals surface area (Å²) in [6.45, 7) is 1.73. The Morgan fingerprint density at radius 3 is 2.59 bits per heavy atom. The van der Waals surface area contributed by atoms with Crippen LogP contribution in [0.4, 0.5) is 5.69 Å². The molecule has 0 unspecified atom stereocenters. The second kappa shape index (κ2) is 5.95. The van der Waals surface area contributed by atoms with E-state index >= 15 is 0 Å². The van der Waals surface area contributed by atoms with Gasteiger partial charge in [0.2, 0.25) is 11.8 Å². The first kappa shape index (κ1) is 14.2. The van der Waals surface area contributed by atoms with E-state index in [0.29, 0.717) is 23.0 Å². The van der Waals surface area contributed by atoms with E-state index in [4.69, 9.17) is 16.0 Å². The second-order valence-corrected chi connectivity index (χ2v) is 4.91. The Hall–Kier alpha value is -2.73. The minimum absolute atomic E-state index is 0.259. The Morgan fingerprint density at radius 1 is 1.18 bits per heavy atom. The highest BCUT2D eigenvalue weighted by Gasteiger charge is 2.09. The van der Waals surface area contributed by atoms with Crippen LogP contribution in [0.3, 0.4) is 0 Å². The number of amides is 1. The number of hydrogen-bond donors (Lipinski definition) is 1. The molecule has 0 saturated heterocycles. The number of aryl methyl sites for hydroxylation is 1. The standard InChI is InChI=1S/C15H11ClN4O2/c1-9-19-20-15(22-9)10-2-4-12(5-3-10)18-14(21)11-6-7-17-13(16)8-11/h2-8H,1H3,(H,18,21). The van der Waals surface area contributed by atoms with Gasteiger partial charge in [-0.2, -0.15) is 0 Å². The Labute approximate surface area is 131 Å². The zero-order valence-corrected chi connectivity index (χ0v) is 12.3. The van der Waals surface area contributed by atoms with Gasteiger partial charge >= 0.3 is 0 Å². The summed E-state index contributed by atoms with van der Waals surface area (Å²) < 4.78 is 5.34. The van der Waals surface area contributed by atoms with E-state index in [-0.39, 0.29) is 11.1 Å². The number of rotatable bonds is 3. The summed E-state index contributed by atoms with van der Waals surface area (Å²) in [5.74, 6) is 0.684. The van der Waals surface area contributed by atoms with E-state index in [0.717, 1.165) is 5.56 Å². The first-order valence-corrected chi connectivity index (χ1v) is 6.83. The van der Waals surface area contributed by atoms with Gasteiger partial charge in [-0.1, -0.05) is 11.6 Å². The molecule has 1 amide bonds. The summed E-state index contributed by atoms with van der Waals surface area (Å²) in [6.07, 6.45) is 1.48. The summed E-state index contributed by atoms with van der Waals surface area (Å²) in [7, 11) is 0. The van der Waals surface area contributed by atoms with Crippen molar-refractivity contribution in [3.63, 3.8) is 0 Å². The number of pyridine rings is 1. The minimum Gasteiger partial charge on any atom is -0.421 e. The van der Waals surface area contributed by atoms with E-state index in [1.807, 2.05) is 0 Å². The van der Waals surface area contributed by atoms with Crippen LogP contribution >= 0.6 is 11.6 Å². The number of nitrogens with one attached hydrogen (secondary N) is 1. The third-order valence-corrected chi connectivity index (χ3v) is 3.11. The van der Waals surface area contributed by atoms with Crippen LogP contribution in [-0.4, -0.2) is 21.1 Å². The fourth-order valence-corrected chi connectivity index (χ4v) is 2.03. The molecule has 2 aromatic heterocycles. The quantitative estimate of drug-likeness (QED) is 0.750. The molecule has 0 fully saturated rings. The molecular weight excluding hydrogens is 304 g/mol. The van der Waals surface area contributed by atoms with E-state index in [9.17, 15) is 4.79 Å². The first-order chi connectivity index (χ1) is 10.6. The van der Waals surface area contributed by atoms with Gasteiger partial charge in [0.05, 0.1) is 0 Å². The van der Waals surface area contributed by atoms with Gasteiger partial charge in [0.25, 0.3) is 5.91 Å². The van der Waals surface area contributed by atoms with Crippen molar-refractivity contribution < 1.29 is 9.21 Å². The molecule has 1 N–H and O–H groups in total. The molecule has 110 valence electrons. The predicted molar refractivity (Wildman–Crippen MR) is 81.7 cm³/mol. The third kappa shape index (κ3) is 3.12. The number of benzene rings is 1. The number of hydrogen-bond acceptors (Lipinski definition) is 5. The second-order valence-electron chi connectivity index (χ2n) is 4.52. The van der Waals surface area contributed by atoms with Gasteiger partial charge in [-0.25, -0.2) is 4.98 Å². The van der Waals surface area contributed by atoms with Gasteiger partial charge in [-0.15, -0.1) is 10.2 Å². The number of carbonyl (C=O) groups is 1. The van der Waals surface area contributed by atoms with Crippen molar-refractivity contribution in [1.29, 1.82) is 0 Å². The largest absolute Gasteiger partial charge is 0.421 e. The average Bonchev–Trinajstić information content (AvgIpc) is 2.94. The Kier molecular flexibility index (Phi) is 3.84. The van der Waals surface area contributed by atoms with Gasteiger partial charge in [0.15, 0.2) is 0 Å². The van der Waals surface area contributed by atoms with Gasteiger partial charge in [-0.3, -0.25) is 4.79 Å². The summed E-state index contributed by atoms with van der Waals surface area (Å²) in [4.78, 5) is 15.9. The smallest absolute Gasteiger partial charge is 0.255 e. The summed E-state index contributed by atoms with van der Waals surface area (Å²) >= 11 is 5.77. The SMILES string of the molecule is Cc1nnc(-c2ccc(NC(=O)c3ccnc(Cl)c3)cc2)o1. The zero-order valence-electron chi connectivity index (χ0n) is 11.6. The first-order valence-electron chi connectivity index (χ1n) is 6.45. The van der Waals surface area contributed by atoms with Crippen LogP contribution in [0.25, 0.3) is 11.5 Å². The molecule has 22 heavy (non-hydrogen) atoms. The third-order valence-electron chi connectivity index (χ3n) is 2.90. The lowest BCUT2D eigenvalue weighted by molar-refractivity contribution is 0.102. The molecular formula is C15H11ClN4O2. The van der Waals surface area contributed by atoms with Crippen LogP contribution in [0.5, 0.6) is 0 Å². The molecule has 0 atom stereocenters. The van der Waals surface area contributed by atoms with Crippen molar-refractivity contribution in [2.24, 2.45) is 0 Å². The molecule has 0 aliphatic rings. The van der Waals surface area contributed by atoms with Crippen molar-refractivity contribution in [3.8, 4) is 11.5 Å². The Morgan fingerprint density at radius 2 is 1.95 bits per heavy atom. The maximum Gasteiger partial charge on any atom is 0.255 e. The molecule has 6 nitrogen and oxygen atoms in total. The molecule has 1 aromatic carbocycles. The maximum absolute atomic E-state index is 12.1. The molecule has 0 spiro atoms. The van der Waals surface area contributed by atoms with Gasteiger partial charge in [0, 0.05) is 29.9 Å². The lowest BCUT2D eigenvalue weighted by Crippen LogP contribution is -2.11. The monoisotopic (exact) mass is 314 g/mol. The van der Waals surface area contributed by atoms with Crippen LogP contribution < -0.4 is 5.32 Å². The highest BCUT2D eigenvalue weighted by atomic mass is 35.5. The van der Waals surface area contributed by atoms with Crippen molar-refractivity contribution in [3.05, 3.63) is 59.2 Å². The number of anilines is 1. The van der Waals surface area contributed by atoms with Crippen LogP contribution in [0.1, 0.15) is 16.2 Å². The average molecular weight is 315 g/mol. The molecule has 0 bridgehead atoms. The topological polar surface area (TPSA) is 80.9 Å². The number of carbonyl (C=O) groups excluding carboxylic acids is 1. The molecule has 0 radical (unpaired) electrons. The molecule has 0 aliphatic carbocycles. The van der Waals surface area contributed by atoms with E-state index in [1.165, 1.54) is 12.3 Å². The molecule has 0 saturated carbocycles. The van der Waals surface area contributed by atoms with Crippen molar-refractivity contribution >= 4 is 23.2 Å². The predicted octanol–water partition coefficient (Wildman–Crippen LogP) is 3.35. The van der Waals surface area contributed by atoms with Crippen LogP contribution in [0.15, 0.2) is 47.0 Å². The van der Waals surface area contributed by atoms with Gasteiger partial charge in [-0.05, 0) is 36.4 Å². The fraction of sp³-hybridized carbons (Fsp3) is 0.0667. The van der Waals surface area contributed by atoms with Gasteiger partial charge in [0.1, 0.15) is 5.15 Å². The normalized spacial score (nSPS) is 10.5. The number of nitrogens with zero attached hydrogens (tertiary/aromatic N) is 3. The van der Waals surface area contributed by atoms with Crippen LogP contribution in [-0.2, 0) is 0 Å². The summed E-state index contributed by atoms with van der Waals surface area (Å²) in [5.41, 5.74) is 1.88. The lowest BCUT2D eigenvalue weighted by Gasteiger charge is -2.05. The van der Waals surface area contributed by atoms with E-state index in [1.54, 1.807) is 37.3 Å². The van der Waals surface area contributed by atoms with Gasteiger partial charge < -0.3 is 9.73 Å². The van der Waals surface area contributed by atoms with Crippen molar-refractivity contribution in [2.45, 2.75) is 6.92 Å². The maximum atomic E-state index is 12.1. The minimum atomic E-state index is -0.259. The highest BCUT2D eigenvalue weighted by molar-refractivity contribution is 6.29. The number of aromatic nitrogens is 3. The summed E-state index contributed by atoms with van der Waals surface area (Å²) in [5, 5.41) is 10.8. The van der Waals surface area contributed by atoms with Crippen LogP contribution in [0, 0.1) is 6.92 Å². The molecule has 7 heteroatoms. The Bertz CT molecular complexity index is 814. The molecule has 0 aliphatic heterocycles. The Balaban J connectivity index is 1.75. The molecule has 3 aromatic rings. The van der Waals surface area contributed by atoms with Crippen LogP contribution in [0.2, 0.25) is 5.15 Å². The van der Waals surface area contributed by atoms with E-state index in [2.05, 4.69) is 20.5 Å². The van der Waals surface area contributed by atoms with Crippen molar-refractivity contribution in [2.75, 3.05) is 5.32 Å². The van der Waals surface area contributed by atoms with E-state index < -0.39 is 0 Å². The summed E-state index contributed by atoms with van der Waals surface area (Å²) in [6, 6.07) is 10.2. The zero-order chi connectivity index (χ0) is 15.5. The number of halogens is 1. The van der Waals surface area contributed by atoms with Crippen molar-refractivity contribution in [1.82, 2.24) is 15.2 Å². The molecule has 3 rings (SSSR count).